The van der Waals surface area contributed by atoms with Gasteiger partial charge in [-0.25, -0.2) is 9.97 Å². The third-order valence-electron chi connectivity index (χ3n) is 4.46. The number of nitrogens with zero attached hydrogens (tertiary/aromatic N) is 3. The van der Waals surface area contributed by atoms with Crippen LogP contribution in [-0.2, 0) is 0 Å². The summed E-state index contributed by atoms with van der Waals surface area (Å²) < 4.78 is 1.21. The van der Waals surface area contributed by atoms with Crippen LogP contribution in [0.5, 0.6) is 0 Å². The Morgan fingerprint density at radius 3 is 3.21 bits per heavy atom. The monoisotopic (exact) mass is 274 g/mol. The second-order valence-corrected chi connectivity index (χ2v) is 6.48. The average molecular weight is 274 g/mol. The molecule has 0 spiro atoms. The first kappa shape index (κ1) is 11.6. The van der Waals surface area contributed by atoms with E-state index in [0.29, 0.717) is 12.1 Å². The second-order valence-electron chi connectivity index (χ2n) is 5.60. The molecule has 2 aromatic heterocycles. The zero-order chi connectivity index (χ0) is 12.8. The van der Waals surface area contributed by atoms with Crippen molar-refractivity contribution in [2.45, 2.75) is 38.3 Å². The van der Waals surface area contributed by atoms with E-state index in [9.17, 15) is 0 Å². The van der Waals surface area contributed by atoms with Crippen LogP contribution >= 0.6 is 11.3 Å². The van der Waals surface area contributed by atoms with Crippen LogP contribution < -0.4 is 5.32 Å². The van der Waals surface area contributed by atoms with E-state index in [0.717, 1.165) is 11.3 Å². The van der Waals surface area contributed by atoms with Gasteiger partial charge in [0, 0.05) is 18.6 Å². The highest BCUT2D eigenvalue weighted by Gasteiger charge is 2.37. The molecule has 2 aliphatic heterocycles. The lowest BCUT2D eigenvalue weighted by atomic mass is 10.1. The van der Waals surface area contributed by atoms with Gasteiger partial charge in [-0.05, 0) is 43.7 Å². The van der Waals surface area contributed by atoms with E-state index in [4.69, 9.17) is 0 Å². The van der Waals surface area contributed by atoms with E-state index in [2.05, 4.69) is 32.5 Å². The summed E-state index contributed by atoms with van der Waals surface area (Å²) >= 11 is 1.75. The van der Waals surface area contributed by atoms with Crippen molar-refractivity contribution in [2.75, 3.05) is 18.4 Å². The van der Waals surface area contributed by atoms with Gasteiger partial charge in [-0.3, -0.25) is 4.90 Å². The van der Waals surface area contributed by atoms with Crippen molar-refractivity contribution >= 4 is 27.4 Å². The predicted molar refractivity (Wildman–Crippen MR) is 78.8 cm³/mol. The van der Waals surface area contributed by atoms with Crippen molar-refractivity contribution in [1.82, 2.24) is 14.9 Å². The van der Waals surface area contributed by atoms with Crippen LogP contribution in [-0.4, -0.2) is 40.0 Å². The molecule has 0 amide bonds. The summed E-state index contributed by atoms with van der Waals surface area (Å²) in [6, 6.07) is 1.27. The first-order valence-electron chi connectivity index (χ1n) is 7.02. The van der Waals surface area contributed by atoms with Gasteiger partial charge < -0.3 is 5.32 Å². The van der Waals surface area contributed by atoms with Gasteiger partial charge in [0.2, 0.25) is 0 Å². The Hall–Kier alpha value is -1.20. The van der Waals surface area contributed by atoms with E-state index in [-0.39, 0.29) is 0 Å². The summed E-state index contributed by atoms with van der Waals surface area (Å²) in [5, 5.41) is 5.85. The SMILES string of the molecule is Cc1csc2c(NC3CCN4CCCC34)ncnc12. The van der Waals surface area contributed by atoms with Crippen molar-refractivity contribution in [3.8, 4) is 0 Å². The van der Waals surface area contributed by atoms with Crippen molar-refractivity contribution in [3.63, 3.8) is 0 Å². The maximum absolute atomic E-state index is 4.47. The Balaban J connectivity index is 1.65. The number of rotatable bonds is 2. The van der Waals surface area contributed by atoms with E-state index in [1.807, 2.05) is 0 Å². The third-order valence-corrected chi connectivity index (χ3v) is 5.55. The molecule has 2 unspecified atom stereocenters. The standard InChI is InChI=1S/C14H18N4S/c1-9-7-19-13-12(9)15-8-16-14(13)17-10-4-6-18-5-2-3-11(10)18/h7-8,10-11H,2-6H2,1H3,(H,15,16,17). The van der Waals surface area contributed by atoms with Crippen molar-refractivity contribution in [1.29, 1.82) is 0 Å². The minimum absolute atomic E-state index is 0.558. The van der Waals surface area contributed by atoms with Gasteiger partial charge in [0.05, 0.1) is 10.2 Å². The Kier molecular flexibility index (Phi) is 2.70. The van der Waals surface area contributed by atoms with Gasteiger partial charge in [0.15, 0.2) is 0 Å². The molecule has 19 heavy (non-hydrogen) atoms. The predicted octanol–water partition coefficient (Wildman–Crippen LogP) is 2.65. The van der Waals surface area contributed by atoms with Crippen LogP contribution in [0, 0.1) is 6.92 Å². The number of nitrogens with one attached hydrogen (secondary N) is 1. The van der Waals surface area contributed by atoms with Crippen LogP contribution in [0.15, 0.2) is 11.7 Å². The molecule has 4 rings (SSSR count). The quantitative estimate of drug-likeness (QED) is 0.914. The topological polar surface area (TPSA) is 41.0 Å². The highest BCUT2D eigenvalue weighted by molar-refractivity contribution is 7.18. The molecule has 0 aliphatic carbocycles. The van der Waals surface area contributed by atoms with E-state index in [1.54, 1.807) is 17.7 Å². The second kappa shape index (κ2) is 4.42. The number of aromatic nitrogens is 2. The van der Waals surface area contributed by atoms with Crippen LogP contribution in [0.4, 0.5) is 5.82 Å². The summed E-state index contributed by atoms with van der Waals surface area (Å²) in [4.78, 5) is 11.5. The number of aryl methyl sites for hydroxylation is 1. The molecule has 2 fully saturated rings. The summed E-state index contributed by atoms with van der Waals surface area (Å²) in [6.45, 7) is 4.63. The zero-order valence-corrected chi connectivity index (χ0v) is 11.9. The molecule has 100 valence electrons. The summed E-state index contributed by atoms with van der Waals surface area (Å²) in [5.41, 5.74) is 2.35. The molecule has 2 aliphatic rings. The molecule has 4 heterocycles. The number of hydrogen-bond acceptors (Lipinski definition) is 5. The molecular formula is C14H18N4S. The van der Waals surface area contributed by atoms with Crippen molar-refractivity contribution < 1.29 is 0 Å². The zero-order valence-electron chi connectivity index (χ0n) is 11.1. The number of thiophene rings is 1. The molecule has 0 saturated carbocycles. The lowest BCUT2D eigenvalue weighted by Crippen LogP contribution is -2.34. The first-order chi connectivity index (χ1) is 9.33. The molecule has 2 saturated heterocycles. The first-order valence-corrected chi connectivity index (χ1v) is 7.90. The fourth-order valence-corrected chi connectivity index (χ4v) is 4.45. The summed E-state index contributed by atoms with van der Waals surface area (Å²) in [7, 11) is 0. The lowest BCUT2D eigenvalue weighted by Gasteiger charge is -2.21. The highest BCUT2D eigenvalue weighted by atomic mass is 32.1. The average Bonchev–Trinajstić information content (AvgIpc) is 3.09. The Morgan fingerprint density at radius 2 is 2.26 bits per heavy atom. The minimum Gasteiger partial charge on any atom is -0.364 e. The lowest BCUT2D eigenvalue weighted by molar-refractivity contribution is 0.318. The Morgan fingerprint density at radius 1 is 1.32 bits per heavy atom. The normalized spacial score (nSPS) is 27.0. The van der Waals surface area contributed by atoms with Crippen molar-refractivity contribution in [3.05, 3.63) is 17.3 Å². The van der Waals surface area contributed by atoms with Gasteiger partial charge in [-0.15, -0.1) is 11.3 Å². The Labute approximate surface area is 116 Å². The number of hydrogen-bond donors (Lipinski definition) is 1. The number of anilines is 1. The number of fused-ring (bicyclic) bond motifs is 2. The van der Waals surface area contributed by atoms with Crippen LogP contribution in [0.2, 0.25) is 0 Å². The summed E-state index contributed by atoms with van der Waals surface area (Å²) in [5.74, 6) is 1.03. The maximum Gasteiger partial charge on any atom is 0.147 e. The van der Waals surface area contributed by atoms with E-state index in [1.165, 1.54) is 42.6 Å². The molecule has 0 aromatic carbocycles. The maximum atomic E-state index is 4.47. The molecule has 2 atom stereocenters. The fraction of sp³-hybridized carbons (Fsp3) is 0.571. The van der Waals surface area contributed by atoms with Crippen LogP contribution in [0.25, 0.3) is 10.2 Å². The molecular weight excluding hydrogens is 256 g/mol. The van der Waals surface area contributed by atoms with E-state index >= 15 is 0 Å². The summed E-state index contributed by atoms with van der Waals surface area (Å²) in [6.07, 6.45) is 5.60. The van der Waals surface area contributed by atoms with Crippen LogP contribution in [0.3, 0.4) is 0 Å². The fourth-order valence-electron chi connectivity index (χ4n) is 3.50. The van der Waals surface area contributed by atoms with E-state index < -0.39 is 0 Å². The molecule has 5 heteroatoms. The smallest absolute Gasteiger partial charge is 0.147 e. The molecule has 1 N–H and O–H groups in total. The van der Waals surface area contributed by atoms with Gasteiger partial charge in [-0.2, -0.15) is 0 Å². The molecule has 0 bridgehead atoms. The van der Waals surface area contributed by atoms with Crippen molar-refractivity contribution in [2.24, 2.45) is 0 Å². The van der Waals surface area contributed by atoms with Crippen LogP contribution in [0.1, 0.15) is 24.8 Å². The molecule has 2 aromatic rings. The highest BCUT2D eigenvalue weighted by Crippen LogP contribution is 2.33. The third kappa shape index (κ3) is 1.83. The van der Waals surface area contributed by atoms with Gasteiger partial charge in [0.25, 0.3) is 0 Å². The molecule has 0 radical (unpaired) electrons. The van der Waals surface area contributed by atoms with Gasteiger partial charge >= 0.3 is 0 Å². The largest absolute Gasteiger partial charge is 0.364 e. The van der Waals surface area contributed by atoms with Gasteiger partial charge in [0.1, 0.15) is 12.1 Å². The molecule has 4 nitrogen and oxygen atoms in total. The minimum atomic E-state index is 0.558. The Bertz CT molecular complexity index is 609. The van der Waals surface area contributed by atoms with Gasteiger partial charge in [-0.1, -0.05) is 0 Å².